The van der Waals surface area contributed by atoms with Crippen molar-refractivity contribution < 1.29 is 0 Å². The molecule has 2 N–H and O–H groups in total. The zero-order valence-corrected chi connectivity index (χ0v) is 14.7. The minimum absolute atomic E-state index is 0.244. The molecule has 0 amide bonds. The van der Waals surface area contributed by atoms with Gasteiger partial charge in [-0.25, -0.2) is 4.98 Å². The van der Waals surface area contributed by atoms with Gasteiger partial charge in [-0.15, -0.1) is 0 Å². The second kappa shape index (κ2) is 6.13. The van der Waals surface area contributed by atoms with E-state index in [-0.39, 0.29) is 5.54 Å². The van der Waals surface area contributed by atoms with Crippen LogP contribution in [0, 0.1) is 0 Å². The van der Waals surface area contributed by atoms with E-state index in [1.807, 2.05) is 6.07 Å². The summed E-state index contributed by atoms with van der Waals surface area (Å²) in [5.41, 5.74) is 5.59. The number of rotatable bonds is 3. The maximum atomic E-state index is 5.93. The van der Waals surface area contributed by atoms with E-state index in [0.29, 0.717) is 10.0 Å². The number of hydrogen-bond acceptors (Lipinski definition) is 4. The molecule has 0 spiro atoms. The topological polar surface area (TPSA) is 45.4 Å². The fourth-order valence-corrected chi connectivity index (χ4v) is 3.29. The summed E-state index contributed by atoms with van der Waals surface area (Å²) in [7, 11) is 0. The first-order chi connectivity index (χ1) is 9.32. The van der Waals surface area contributed by atoms with E-state index < -0.39 is 0 Å². The Bertz CT molecular complexity index is 515. The largest absolute Gasteiger partial charge is 0.392 e. The quantitative estimate of drug-likeness (QED) is 0.821. The molecule has 20 heavy (non-hydrogen) atoms. The molecule has 0 aliphatic carbocycles. The van der Waals surface area contributed by atoms with Crippen molar-refractivity contribution >= 4 is 50.6 Å². The molecular formula is C13H18BrClN4S. The van der Waals surface area contributed by atoms with Crippen molar-refractivity contribution in [3.05, 3.63) is 21.8 Å². The van der Waals surface area contributed by atoms with Crippen LogP contribution in [0.3, 0.4) is 0 Å². The van der Waals surface area contributed by atoms with E-state index in [4.69, 9.17) is 29.6 Å². The lowest BCUT2D eigenvalue weighted by Gasteiger charge is -2.43. The lowest BCUT2D eigenvalue weighted by molar-refractivity contribution is 0.168. The van der Waals surface area contributed by atoms with Crippen LogP contribution in [0.1, 0.15) is 13.8 Å². The summed E-state index contributed by atoms with van der Waals surface area (Å²) in [6.07, 6.45) is 1.67. The molecule has 1 aliphatic rings. The second-order valence-corrected chi connectivity index (χ2v) is 7.09. The molecule has 110 valence electrons. The van der Waals surface area contributed by atoms with Crippen LogP contribution in [0.25, 0.3) is 0 Å². The molecule has 0 radical (unpaired) electrons. The van der Waals surface area contributed by atoms with Crippen molar-refractivity contribution in [3.63, 3.8) is 0 Å². The molecule has 4 nitrogen and oxygen atoms in total. The Labute approximate surface area is 138 Å². The summed E-state index contributed by atoms with van der Waals surface area (Å²) < 4.78 is 0.923. The summed E-state index contributed by atoms with van der Waals surface area (Å²) in [5.74, 6) is 0.933. The smallest absolute Gasteiger partial charge is 0.143 e. The first-order valence-electron chi connectivity index (χ1n) is 6.43. The summed E-state index contributed by atoms with van der Waals surface area (Å²) in [5, 5.41) is 0.633. The first-order valence-corrected chi connectivity index (χ1v) is 8.01. The van der Waals surface area contributed by atoms with E-state index in [1.54, 1.807) is 6.20 Å². The number of piperazine rings is 1. The molecule has 0 unspecified atom stereocenters. The predicted octanol–water partition coefficient (Wildman–Crippen LogP) is 2.68. The fourth-order valence-electron chi connectivity index (χ4n) is 2.27. The number of nitrogens with two attached hydrogens (primary N) is 1. The van der Waals surface area contributed by atoms with Crippen molar-refractivity contribution in [1.29, 1.82) is 0 Å². The van der Waals surface area contributed by atoms with Gasteiger partial charge in [-0.1, -0.05) is 23.8 Å². The van der Waals surface area contributed by atoms with Crippen LogP contribution >= 0.6 is 39.7 Å². The van der Waals surface area contributed by atoms with Gasteiger partial charge in [0.1, 0.15) is 5.82 Å². The number of aromatic nitrogens is 1. The van der Waals surface area contributed by atoms with Crippen LogP contribution in [0.5, 0.6) is 0 Å². The van der Waals surface area contributed by atoms with Gasteiger partial charge in [0, 0.05) is 32.4 Å². The van der Waals surface area contributed by atoms with Crippen LogP contribution in [0.15, 0.2) is 16.7 Å². The lowest BCUT2D eigenvalue weighted by Crippen LogP contribution is -2.59. The Morgan fingerprint density at radius 3 is 2.50 bits per heavy atom. The normalized spacial score (nSPS) is 17.3. The number of nitrogens with zero attached hydrogens (tertiary/aromatic N) is 3. The summed E-state index contributed by atoms with van der Waals surface area (Å²) in [4.78, 5) is 9.50. The molecule has 2 rings (SSSR count). The molecule has 1 fully saturated rings. The third-order valence-corrected chi connectivity index (χ3v) is 5.05. The minimum Gasteiger partial charge on any atom is -0.392 e. The Balaban J connectivity index is 2.06. The Morgan fingerprint density at radius 2 is 2.00 bits per heavy atom. The standard InChI is InChI=1S/C13H18BrClN4S/c1-13(2,12(16)20)19-5-3-18(4-6-19)11-10(14)7-9(15)8-17-11/h7-8H,3-6H2,1-2H3,(H2,16,20). The highest BCUT2D eigenvalue weighted by molar-refractivity contribution is 9.10. The molecule has 1 saturated heterocycles. The Kier molecular flexibility index (Phi) is 4.89. The number of halogens is 2. The average molecular weight is 378 g/mol. The molecule has 0 saturated carbocycles. The highest BCUT2D eigenvalue weighted by atomic mass is 79.9. The molecule has 7 heteroatoms. The van der Waals surface area contributed by atoms with Gasteiger partial charge in [0.15, 0.2) is 0 Å². The van der Waals surface area contributed by atoms with Crippen molar-refractivity contribution in [2.45, 2.75) is 19.4 Å². The van der Waals surface area contributed by atoms with Crippen LogP contribution in [-0.2, 0) is 0 Å². The minimum atomic E-state index is -0.244. The van der Waals surface area contributed by atoms with E-state index >= 15 is 0 Å². The number of pyridine rings is 1. The summed E-state index contributed by atoms with van der Waals surface area (Å²) in [6.45, 7) is 7.73. The van der Waals surface area contributed by atoms with Crippen LogP contribution < -0.4 is 10.6 Å². The molecule has 1 aromatic heterocycles. The average Bonchev–Trinajstić information content (AvgIpc) is 2.38. The van der Waals surface area contributed by atoms with Gasteiger partial charge < -0.3 is 10.6 Å². The molecule has 0 atom stereocenters. The summed E-state index contributed by atoms with van der Waals surface area (Å²) >= 11 is 14.6. The monoisotopic (exact) mass is 376 g/mol. The van der Waals surface area contributed by atoms with Gasteiger partial charge in [0.05, 0.1) is 20.0 Å². The maximum absolute atomic E-state index is 5.93. The van der Waals surface area contributed by atoms with E-state index in [2.05, 4.69) is 44.6 Å². The zero-order valence-electron chi connectivity index (χ0n) is 11.6. The van der Waals surface area contributed by atoms with Crippen LogP contribution in [0.2, 0.25) is 5.02 Å². The molecule has 2 heterocycles. The SMILES string of the molecule is CC(C)(C(N)=S)N1CCN(c2ncc(Cl)cc2Br)CC1. The van der Waals surface area contributed by atoms with Gasteiger partial charge in [0.25, 0.3) is 0 Å². The number of hydrogen-bond donors (Lipinski definition) is 1. The van der Waals surface area contributed by atoms with Gasteiger partial charge in [-0.2, -0.15) is 0 Å². The van der Waals surface area contributed by atoms with Crippen molar-refractivity contribution in [2.24, 2.45) is 5.73 Å². The van der Waals surface area contributed by atoms with Gasteiger partial charge in [-0.05, 0) is 35.8 Å². The zero-order chi connectivity index (χ0) is 14.9. The molecule has 0 bridgehead atoms. The highest BCUT2D eigenvalue weighted by Crippen LogP contribution is 2.28. The second-order valence-electron chi connectivity index (χ2n) is 5.36. The Hall–Kier alpha value is -0.430. The third kappa shape index (κ3) is 3.24. The lowest BCUT2D eigenvalue weighted by atomic mass is 10.0. The van der Waals surface area contributed by atoms with Crippen LogP contribution in [0.4, 0.5) is 5.82 Å². The van der Waals surface area contributed by atoms with Crippen molar-refractivity contribution in [3.8, 4) is 0 Å². The fraction of sp³-hybridized carbons (Fsp3) is 0.538. The number of anilines is 1. The third-order valence-electron chi connectivity index (χ3n) is 3.76. The first kappa shape index (κ1) is 15.9. The van der Waals surface area contributed by atoms with Gasteiger partial charge in [0.2, 0.25) is 0 Å². The Morgan fingerprint density at radius 1 is 1.40 bits per heavy atom. The maximum Gasteiger partial charge on any atom is 0.143 e. The summed E-state index contributed by atoms with van der Waals surface area (Å²) in [6, 6.07) is 1.87. The van der Waals surface area contributed by atoms with Crippen molar-refractivity contribution in [1.82, 2.24) is 9.88 Å². The van der Waals surface area contributed by atoms with E-state index in [0.717, 1.165) is 36.5 Å². The van der Waals surface area contributed by atoms with Gasteiger partial charge >= 0.3 is 0 Å². The molecule has 1 aromatic rings. The highest BCUT2D eigenvalue weighted by Gasteiger charge is 2.32. The van der Waals surface area contributed by atoms with Gasteiger partial charge in [-0.3, -0.25) is 4.90 Å². The number of thiocarbonyl (C=S) groups is 1. The molecule has 1 aliphatic heterocycles. The van der Waals surface area contributed by atoms with Crippen LogP contribution in [-0.4, -0.2) is 46.6 Å². The molecule has 0 aromatic carbocycles. The molecular weight excluding hydrogens is 360 g/mol. The van der Waals surface area contributed by atoms with E-state index in [9.17, 15) is 0 Å². The van der Waals surface area contributed by atoms with E-state index in [1.165, 1.54) is 0 Å². The van der Waals surface area contributed by atoms with Crippen molar-refractivity contribution in [2.75, 3.05) is 31.1 Å². The predicted molar refractivity (Wildman–Crippen MR) is 91.6 cm³/mol.